The lowest BCUT2D eigenvalue weighted by atomic mass is 10.3. The molecule has 108 valence electrons. The largest absolute Gasteiger partial charge is 0.325 e. The molecule has 21 heavy (non-hydrogen) atoms. The molecule has 0 radical (unpaired) electrons. The molecule has 1 N–H and O–H groups in total. The van der Waals surface area contributed by atoms with Crippen LogP contribution in [0.4, 0.5) is 15.8 Å². The van der Waals surface area contributed by atoms with Gasteiger partial charge in [-0.25, -0.2) is 4.39 Å². The number of thioether (sulfide) groups is 1. The summed E-state index contributed by atoms with van der Waals surface area (Å²) in [6.07, 6.45) is 0. The van der Waals surface area contributed by atoms with Crippen LogP contribution in [0.2, 0.25) is 0 Å². The number of nitrogens with zero attached hydrogens (tertiary/aromatic N) is 1. The van der Waals surface area contributed by atoms with E-state index in [0.717, 1.165) is 11.8 Å². The summed E-state index contributed by atoms with van der Waals surface area (Å²) in [4.78, 5) is 22.2. The van der Waals surface area contributed by atoms with Crippen molar-refractivity contribution in [3.63, 3.8) is 0 Å². The molecule has 7 heteroatoms. The third-order valence-corrected chi connectivity index (χ3v) is 3.58. The summed E-state index contributed by atoms with van der Waals surface area (Å²) in [6, 6.07) is 11.8. The molecular weight excluding hydrogens is 295 g/mol. The number of hydrogen-bond acceptors (Lipinski definition) is 4. The highest BCUT2D eigenvalue weighted by Gasteiger charge is 2.09. The molecule has 0 atom stereocenters. The van der Waals surface area contributed by atoms with Gasteiger partial charge < -0.3 is 5.32 Å². The van der Waals surface area contributed by atoms with E-state index >= 15 is 0 Å². The van der Waals surface area contributed by atoms with Gasteiger partial charge in [-0.15, -0.1) is 11.8 Å². The third kappa shape index (κ3) is 4.28. The first-order chi connectivity index (χ1) is 10.1. The Morgan fingerprint density at radius 2 is 2.00 bits per heavy atom. The number of amides is 1. The average Bonchev–Trinajstić information content (AvgIpc) is 2.46. The first-order valence-electron chi connectivity index (χ1n) is 5.98. The van der Waals surface area contributed by atoms with E-state index in [-0.39, 0.29) is 23.2 Å². The van der Waals surface area contributed by atoms with E-state index in [1.54, 1.807) is 24.3 Å². The highest BCUT2D eigenvalue weighted by molar-refractivity contribution is 8.00. The maximum absolute atomic E-state index is 13.4. The van der Waals surface area contributed by atoms with Crippen LogP contribution in [0.3, 0.4) is 0 Å². The SMILES string of the molecule is O=C(CSc1ccccc1F)Nc1cccc([N+](=O)[O-])c1. The molecule has 0 aromatic heterocycles. The fourth-order valence-electron chi connectivity index (χ4n) is 1.60. The fourth-order valence-corrected chi connectivity index (χ4v) is 2.34. The Hall–Kier alpha value is -2.41. The van der Waals surface area contributed by atoms with Crippen molar-refractivity contribution in [2.24, 2.45) is 0 Å². The quantitative estimate of drug-likeness (QED) is 0.521. The average molecular weight is 306 g/mol. The molecule has 2 rings (SSSR count). The standard InChI is InChI=1S/C14H11FN2O3S/c15-12-6-1-2-7-13(12)21-9-14(18)16-10-4-3-5-11(8-10)17(19)20/h1-8H,9H2,(H,16,18). The zero-order valence-electron chi connectivity index (χ0n) is 10.8. The lowest BCUT2D eigenvalue weighted by Gasteiger charge is -2.05. The van der Waals surface area contributed by atoms with E-state index in [0.29, 0.717) is 10.6 Å². The van der Waals surface area contributed by atoms with Crippen LogP contribution in [0.5, 0.6) is 0 Å². The van der Waals surface area contributed by atoms with Gasteiger partial charge in [-0.2, -0.15) is 0 Å². The van der Waals surface area contributed by atoms with Gasteiger partial charge in [0.25, 0.3) is 5.69 Å². The number of non-ortho nitro benzene ring substituents is 1. The second-order valence-electron chi connectivity index (χ2n) is 4.07. The number of nitro groups is 1. The van der Waals surface area contributed by atoms with Crippen molar-refractivity contribution in [1.29, 1.82) is 0 Å². The van der Waals surface area contributed by atoms with E-state index in [4.69, 9.17) is 0 Å². The van der Waals surface area contributed by atoms with Crippen LogP contribution >= 0.6 is 11.8 Å². The minimum atomic E-state index is -0.538. The zero-order chi connectivity index (χ0) is 15.2. The molecule has 1 amide bonds. The maximum atomic E-state index is 13.4. The minimum absolute atomic E-state index is 0.0175. The summed E-state index contributed by atoms with van der Waals surface area (Å²) in [6.45, 7) is 0. The Balaban J connectivity index is 1.95. The van der Waals surface area contributed by atoms with Gasteiger partial charge in [-0.05, 0) is 18.2 Å². The summed E-state index contributed by atoms with van der Waals surface area (Å²) in [7, 11) is 0. The number of nitro benzene ring substituents is 1. The molecule has 2 aromatic rings. The van der Waals surface area contributed by atoms with Crippen LogP contribution < -0.4 is 5.32 Å². The van der Waals surface area contributed by atoms with Crippen molar-refractivity contribution < 1.29 is 14.1 Å². The van der Waals surface area contributed by atoms with Gasteiger partial charge in [0.1, 0.15) is 5.82 Å². The Morgan fingerprint density at radius 3 is 2.71 bits per heavy atom. The molecule has 0 aliphatic heterocycles. The molecule has 2 aromatic carbocycles. The summed E-state index contributed by atoms with van der Waals surface area (Å²) in [5.74, 6) is -0.724. The highest BCUT2D eigenvalue weighted by atomic mass is 32.2. The maximum Gasteiger partial charge on any atom is 0.271 e. The molecule has 0 heterocycles. The second kappa shape index (κ2) is 6.85. The first-order valence-corrected chi connectivity index (χ1v) is 6.96. The van der Waals surface area contributed by atoms with Crippen molar-refractivity contribution >= 4 is 29.0 Å². The Morgan fingerprint density at radius 1 is 1.24 bits per heavy atom. The number of anilines is 1. The van der Waals surface area contributed by atoms with Crippen molar-refractivity contribution in [1.82, 2.24) is 0 Å². The molecule has 0 bridgehead atoms. The molecule has 0 aliphatic carbocycles. The van der Waals surface area contributed by atoms with E-state index in [9.17, 15) is 19.3 Å². The summed E-state index contributed by atoms with van der Waals surface area (Å²) < 4.78 is 13.4. The molecule has 0 saturated carbocycles. The normalized spacial score (nSPS) is 10.1. The molecule has 0 spiro atoms. The summed E-state index contributed by atoms with van der Waals surface area (Å²) in [5.41, 5.74) is 0.234. The van der Waals surface area contributed by atoms with Crippen LogP contribution in [0.15, 0.2) is 53.4 Å². The number of halogens is 1. The molecule has 0 aliphatic rings. The van der Waals surface area contributed by atoms with Crippen LogP contribution in [-0.4, -0.2) is 16.6 Å². The van der Waals surface area contributed by atoms with E-state index in [1.165, 1.54) is 24.3 Å². The van der Waals surface area contributed by atoms with Crippen LogP contribution in [0.25, 0.3) is 0 Å². The van der Waals surface area contributed by atoms with Gasteiger partial charge in [0.15, 0.2) is 0 Å². The number of carbonyl (C=O) groups excluding carboxylic acids is 1. The van der Waals surface area contributed by atoms with Crippen molar-refractivity contribution in [2.45, 2.75) is 4.90 Å². The molecular formula is C14H11FN2O3S. The number of nitrogens with one attached hydrogen (secondary N) is 1. The number of carbonyl (C=O) groups is 1. The van der Waals surface area contributed by atoms with Gasteiger partial charge >= 0.3 is 0 Å². The van der Waals surface area contributed by atoms with E-state index in [1.807, 2.05) is 0 Å². The van der Waals surface area contributed by atoms with Gasteiger partial charge in [-0.3, -0.25) is 14.9 Å². The molecule has 0 fully saturated rings. The summed E-state index contributed by atoms with van der Waals surface area (Å²) in [5, 5.41) is 13.2. The third-order valence-electron chi connectivity index (χ3n) is 2.54. The molecule has 0 saturated heterocycles. The number of hydrogen-bond donors (Lipinski definition) is 1. The fraction of sp³-hybridized carbons (Fsp3) is 0.0714. The summed E-state index contributed by atoms with van der Waals surface area (Å²) >= 11 is 1.06. The van der Waals surface area contributed by atoms with Gasteiger partial charge in [0.2, 0.25) is 5.91 Å². The smallest absolute Gasteiger partial charge is 0.271 e. The van der Waals surface area contributed by atoms with Crippen LogP contribution in [0.1, 0.15) is 0 Å². The highest BCUT2D eigenvalue weighted by Crippen LogP contribution is 2.22. The Labute approximate surface area is 124 Å². The second-order valence-corrected chi connectivity index (χ2v) is 5.09. The molecule has 0 unspecified atom stereocenters. The topological polar surface area (TPSA) is 72.2 Å². The Bertz CT molecular complexity index is 679. The molecule has 5 nitrogen and oxygen atoms in total. The predicted molar refractivity (Wildman–Crippen MR) is 78.9 cm³/mol. The van der Waals surface area contributed by atoms with Crippen molar-refractivity contribution in [3.8, 4) is 0 Å². The number of rotatable bonds is 5. The van der Waals surface area contributed by atoms with Crippen LogP contribution in [0, 0.1) is 15.9 Å². The minimum Gasteiger partial charge on any atom is -0.325 e. The van der Waals surface area contributed by atoms with Crippen molar-refractivity contribution in [2.75, 3.05) is 11.1 Å². The van der Waals surface area contributed by atoms with Gasteiger partial charge in [-0.1, -0.05) is 18.2 Å². The van der Waals surface area contributed by atoms with Gasteiger partial charge in [0.05, 0.1) is 10.7 Å². The van der Waals surface area contributed by atoms with Crippen LogP contribution in [-0.2, 0) is 4.79 Å². The monoisotopic (exact) mass is 306 g/mol. The zero-order valence-corrected chi connectivity index (χ0v) is 11.6. The lowest BCUT2D eigenvalue weighted by molar-refractivity contribution is -0.384. The predicted octanol–water partition coefficient (Wildman–Crippen LogP) is 3.46. The lowest BCUT2D eigenvalue weighted by Crippen LogP contribution is -2.14. The van der Waals surface area contributed by atoms with E-state index < -0.39 is 4.92 Å². The number of benzene rings is 2. The Kier molecular flexibility index (Phi) is 4.89. The van der Waals surface area contributed by atoms with Gasteiger partial charge in [0, 0.05) is 22.7 Å². The van der Waals surface area contributed by atoms with Crippen molar-refractivity contribution in [3.05, 3.63) is 64.5 Å². The first kappa shape index (κ1) is 15.0. The van der Waals surface area contributed by atoms with E-state index in [2.05, 4.69) is 5.32 Å².